The van der Waals surface area contributed by atoms with Gasteiger partial charge in [-0.2, -0.15) is 27.1 Å². The molecule has 0 unspecified atom stereocenters. The van der Waals surface area contributed by atoms with E-state index in [1.165, 1.54) is 17.0 Å². The number of aromatic nitrogens is 3. The lowest BCUT2D eigenvalue weighted by atomic mass is 10.2. The Kier molecular flexibility index (Phi) is 6.11. The van der Waals surface area contributed by atoms with Crippen LogP contribution in [0.15, 0.2) is 41.6 Å². The molecule has 0 aliphatic rings. The third-order valence-electron chi connectivity index (χ3n) is 3.74. The Morgan fingerprint density at radius 1 is 1.10 bits per heavy atom. The molecule has 1 aromatic carbocycles. The van der Waals surface area contributed by atoms with Crippen LogP contribution in [0, 0.1) is 0 Å². The molecule has 0 aliphatic carbocycles. The summed E-state index contributed by atoms with van der Waals surface area (Å²) in [5.41, 5.74) is 4.32. The molecule has 0 spiro atoms. The number of hydrogen-bond acceptors (Lipinski definition) is 3. The molecule has 0 bridgehead atoms. The van der Waals surface area contributed by atoms with Crippen LogP contribution in [-0.2, 0) is 6.18 Å². The molecule has 0 saturated heterocycles. The van der Waals surface area contributed by atoms with E-state index in [1.807, 2.05) is 0 Å². The van der Waals surface area contributed by atoms with Gasteiger partial charge in [-0.3, -0.25) is 0 Å². The molecule has 0 radical (unpaired) electrons. The first kappa shape index (κ1) is 22.9. The maximum Gasteiger partial charge on any atom is 0.416 e. The Hall–Kier alpha value is -1.82. The molecule has 2 aromatic heterocycles. The molecule has 30 heavy (non-hydrogen) atoms. The van der Waals surface area contributed by atoms with Crippen molar-refractivity contribution in [3.63, 3.8) is 0 Å². The number of thiocarbonyl (C=S) groups is 1. The van der Waals surface area contributed by atoms with Crippen molar-refractivity contribution in [2.24, 2.45) is 5.73 Å². The Labute approximate surface area is 186 Å². The molecule has 3 aromatic rings. The molecule has 0 aliphatic heterocycles. The van der Waals surface area contributed by atoms with Gasteiger partial charge in [0.1, 0.15) is 16.4 Å². The fraction of sp³-hybridized carbons (Fsp3) is 0.176. The normalized spacial score (nSPS) is 12.4. The number of benzene rings is 1. The second-order valence-corrected chi connectivity index (χ2v) is 8.65. The largest absolute Gasteiger partial charge is 0.416 e. The number of nitrogens with zero attached hydrogens (tertiary/aromatic N) is 3. The smallest absolute Gasteiger partial charge is 0.388 e. The number of halogens is 7. The monoisotopic (exact) mass is 500 g/mol. The quantitative estimate of drug-likeness (QED) is 0.252. The number of rotatable bonds is 5. The van der Waals surface area contributed by atoms with E-state index in [4.69, 9.17) is 41.2 Å². The average Bonchev–Trinajstić information content (AvgIpc) is 3.20. The van der Waals surface area contributed by atoms with Gasteiger partial charge in [-0.25, -0.2) is 4.68 Å². The minimum atomic E-state index is -4.69. The highest BCUT2D eigenvalue weighted by atomic mass is 35.5. The number of hydrogen-bond donors (Lipinski definition) is 1. The Balaban J connectivity index is 2.36. The van der Waals surface area contributed by atoms with Crippen molar-refractivity contribution in [2.45, 2.75) is 23.3 Å². The van der Waals surface area contributed by atoms with E-state index in [-0.39, 0.29) is 48.9 Å². The van der Waals surface area contributed by atoms with E-state index in [2.05, 4.69) is 5.10 Å². The summed E-state index contributed by atoms with van der Waals surface area (Å²) in [6.45, 7) is 0.676. The van der Waals surface area contributed by atoms with Gasteiger partial charge in [0.2, 0.25) is 0 Å². The summed E-state index contributed by atoms with van der Waals surface area (Å²) in [4.78, 5) is -0.369. The summed E-state index contributed by atoms with van der Waals surface area (Å²) in [7, 11) is 0. The molecule has 2 heterocycles. The molecule has 4 nitrogen and oxygen atoms in total. The van der Waals surface area contributed by atoms with Crippen molar-refractivity contribution in [1.82, 2.24) is 14.3 Å². The number of thioether (sulfide) groups is 1. The van der Waals surface area contributed by atoms with Crippen LogP contribution in [0.25, 0.3) is 11.5 Å². The topological polar surface area (TPSA) is 48.8 Å². The molecule has 3 rings (SSSR count). The molecule has 13 heteroatoms. The Morgan fingerprint density at radius 3 is 2.07 bits per heavy atom. The van der Waals surface area contributed by atoms with Crippen LogP contribution in [0.2, 0.25) is 10.0 Å². The van der Waals surface area contributed by atoms with Gasteiger partial charge in [-0.05, 0) is 36.0 Å². The van der Waals surface area contributed by atoms with E-state index >= 15 is 0 Å². The van der Waals surface area contributed by atoms with Gasteiger partial charge in [-0.15, -0.1) is 0 Å². The summed E-state index contributed by atoms with van der Waals surface area (Å²) in [5, 5.41) is 0.148. The summed E-state index contributed by atoms with van der Waals surface area (Å²) in [6, 6.07) is 4.58. The average molecular weight is 501 g/mol. The summed E-state index contributed by atoms with van der Waals surface area (Å²) in [5.74, 6) is 0.0397. The van der Waals surface area contributed by atoms with Crippen LogP contribution in [0.3, 0.4) is 0 Å². The minimum absolute atomic E-state index is 0.0397. The Bertz CT molecular complexity index is 1080. The molecule has 0 atom stereocenters. The minimum Gasteiger partial charge on any atom is -0.388 e. The SMILES string of the molecule is CC(F)(F)Sc1c(C(N)=S)nn(-c2c(Cl)cc(C(F)(F)F)cc2Cl)c1-n1cccc1. The lowest BCUT2D eigenvalue weighted by molar-refractivity contribution is -0.137. The number of alkyl halides is 5. The van der Waals surface area contributed by atoms with Crippen molar-refractivity contribution in [1.29, 1.82) is 0 Å². The summed E-state index contributed by atoms with van der Waals surface area (Å²) >= 11 is 17.3. The maximum absolute atomic E-state index is 13.9. The van der Waals surface area contributed by atoms with Crippen molar-refractivity contribution in [3.8, 4) is 11.5 Å². The number of nitrogens with two attached hydrogens (primary N) is 1. The highest BCUT2D eigenvalue weighted by Gasteiger charge is 2.35. The van der Waals surface area contributed by atoms with E-state index in [0.717, 1.165) is 4.68 Å². The summed E-state index contributed by atoms with van der Waals surface area (Å²) in [6.07, 6.45) is -1.63. The predicted molar refractivity (Wildman–Crippen MR) is 110 cm³/mol. The standard InChI is InChI=1S/C17H11Cl2F5N4S2/c1-16(20,21)30-13-11(14(25)29)26-28(15(13)27-4-2-3-5-27)12-9(18)6-8(7-10(12)19)17(22,23)24/h2-7H,1H3,(H2,25,29). The van der Waals surface area contributed by atoms with Gasteiger partial charge in [0, 0.05) is 19.3 Å². The molecule has 0 amide bonds. The Morgan fingerprint density at radius 2 is 1.63 bits per heavy atom. The first-order chi connectivity index (χ1) is 13.8. The van der Waals surface area contributed by atoms with E-state index in [9.17, 15) is 22.0 Å². The molecular formula is C17H11Cl2F5N4S2. The van der Waals surface area contributed by atoms with Crippen molar-refractivity contribution in [2.75, 3.05) is 0 Å². The van der Waals surface area contributed by atoms with Crippen LogP contribution in [0.1, 0.15) is 18.2 Å². The van der Waals surface area contributed by atoms with Crippen LogP contribution < -0.4 is 5.73 Å². The van der Waals surface area contributed by atoms with E-state index < -0.39 is 17.0 Å². The zero-order chi connectivity index (χ0) is 22.4. The zero-order valence-electron chi connectivity index (χ0n) is 14.8. The maximum atomic E-state index is 13.9. The van der Waals surface area contributed by atoms with Gasteiger partial charge in [0.25, 0.3) is 5.25 Å². The highest BCUT2D eigenvalue weighted by molar-refractivity contribution is 8.00. The zero-order valence-corrected chi connectivity index (χ0v) is 18.0. The first-order valence-electron chi connectivity index (χ1n) is 7.99. The second-order valence-electron chi connectivity index (χ2n) is 6.06. The third-order valence-corrected chi connectivity index (χ3v) is 5.45. The first-order valence-corrected chi connectivity index (χ1v) is 9.97. The van der Waals surface area contributed by atoms with Gasteiger partial charge in [-0.1, -0.05) is 35.4 Å². The molecular weight excluding hydrogens is 490 g/mol. The molecule has 0 saturated carbocycles. The lowest BCUT2D eigenvalue weighted by Gasteiger charge is -2.16. The highest BCUT2D eigenvalue weighted by Crippen LogP contribution is 2.44. The van der Waals surface area contributed by atoms with Gasteiger partial charge >= 0.3 is 6.18 Å². The van der Waals surface area contributed by atoms with Crippen LogP contribution in [-0.4, -0.2) is 24.6 Å². The molecule has 0 fully saturated rings. The van der Waals surface area contributed by atoms with Crippen LogP contribution in [0.5, 0.6) is 0 Å². The predicted octanol–water partition coefficient (Wildman–Crippen LogP) is 6.33. The van der Waals surface area contributed by atoms with Crippen LogP contribution >= 0.6 is 47.2 Å². The van der Waals surface area contributed by atoms with Gasteiger partial charge in [0.05, 0.1) is 20.5 Å². The van der Waals surface area contributed by atoms with Gasteiger partial charge < -0.3 is 10.3 Å². The summed E-state index contributed by atoms with van der Waals surface area (Å²) < 4.78 is 69.5. The van der Waals surface area contributed by atoms with Crippen LogP contribution in [0.4, 0.5) is 22.0 Å². The molecule has 160 valence electrons. The van der Waals surface area contributed by atoms with E-state index in [0.29, 0.717) is 19.1 Å². The fourth-order valence-corrected chi connectivity index (χ4v) is 4.36. The van der Waals surface area contributed by atoms with Crippen molar-refractivity contribution in [3.05, 3.63) is 58.0 Å². The lowest BCUT2D eigenvalue weighted by Crippen LogP contribution is -2.13. The third kappa shape index (κ3) is 4.58. The van der Waals surface area contributed by atoms with Crippen molar-refractivity contribution >= 4 is 52.2 Å². The van der Waals surface area contributed by atoms with Crippen molar-refractivity contribution < 1.29 is 22.0 Å². The van der Waals surface area contributed by atoms with E-state index in [1.54, 1.807) is 12.1 Å². The second kappa shape index (κ2) is 8.03. The molecule has 2 N–H and O–H groups in total. The van der Waals surface area contributed by atoms with Gasteiger partial charge in [0.15, 0.2) is 5.82 Å². The fourth-order valence-electron chi connectivity index (χ4n) is 2.62.